The van der Waals surface area contributed by atoms with Crippen LogP contribution in [0.5, 0.6) is 0 Å². The average molecular weight is 285 g/mol. The molecule has 0 saturated heterocycles. The summed E-state index contributed by atoms with van der Waals surface area (Å²) in [5.74, 6) is 0.769. The molecule has 2 aromatic rings. The first kappa shape index (κ1) is 14.7. The fourth-order valence-electron chi connectivity index (χ4n) is 1.81. The van der Waals surface area contributed by atoms with Gasteiger partial charge in [0, 0.05) is 12.1 Å². The minimum Gasteiger partial charge on any atom is -0.370 e. The van der Waals surface area contributed by atoms with E-state index in [0.717, 1.165) is 24.3 Å². The van der Waals surface area contributed by atoms with E-state index in [9.17, 15) is 4.39 Å². The van der Waals surface area contributed by atoms with Crippen molar-refractivity contribution >= 4 is 17.3 Å². The lowest BCUT2D eigenvalue weighted by molar-refractivity contribution is 0.631. The Morgan fingerprint density at radius 1 is 1.29 bits per heavy atom. The van der Waals surface area contributed by atoms with Crippen LogP contribution in [0.4, 0.5) is 21.7 Å². The van der Waals surface area contributed by atoms with Crippen LogP contribution in [0.25, 0.3) is 0 Å². The van der Waals surface area contributed by atoms with Crippen molar-refractivity contribution in [2.24, 2.45) is 0 Å². The van der Waals surface area contributed by atoms with E-state index in [2.05, 4.69) is 27.5 Å². The Bertz CT molecular complexity index is 678. The average Bonchev–Trinajstić information content (AvgIpc) is 2.50. The van der Waals surface area contributed by atoms with Gasteiger partial charge in [-0.15, -0.1) is 0 Å². The zero-order valence-electron chi connectivity index (χ0n) is 11.9. The predicted molar refractivity (Wildman–Crippen MR) is 79.9 cm³/mol. The van der Waals surface area contributed by atoms with E-state index in [4.69, 9.17) is 5.26 Å². The molecule has 2 N–H and O–H groups in total. The quantitative estimate of drug-likeness (QED) is 0.881. The molecule has 6 heteroatoms. The number of nitrogens with one attached hydrogen (secondary N) is 2. The van der Waals surface area contributed by atoms with Crippen molar-refractivity contribution < 1.29 is 4.39 Å². The second kappa shape index (κ2) is 6.66. The van der Waals surface area contributed by atoms with Gasteiger partial charge in [-0.2, -0.15) is 5.26 Å². The summed E-state index contributed by atoms with van der Waals surface area (Å²) in [6.45, 7) is 4.74. The molecule has 0 bridgehead atoms. The Morgan fingerprint density at radius 2 is 2.05 bits per heavy atom. The highest BCUT2D eigenvalue weighted by Crippen LogP contribution is 2.24. The Hall–Kier alpha value is -2.68. The summed E-state index contributed by atoms with van der Waals surface area (Å²) in [5, 5.41) is 14.9. The molecule has 2 rings (SSSR count). The Morgan fingerprint density at radius 3 is 2.71 bits per heavy atom. The fourth-order valence-corrected chi connectivity index (χ4v) is 1.81. The number of hydrogen-bond acceptors (Lipinski definition) is 5. The lowest BCUT2D eigenvalue weighted by atomic mass is 10.2. The van der Waals surface area contributed by atoms with Gasteiger partial charge in [-0.25, -0.2) is 14.4 Å². The molecular formula is C15H16FN5. The summed E-state index contributed by atoms with van der Waals surface area (Å²) in [7, 11) is 0. The number of nitrogens with zero attached hydrogens (tertiary/aromatic N) is 3. The summed E-state index contributed by atoms with van der Waals surface area (Å²) in [6, 6.07) is 6.16. The number of benzene rings is 1. The first-order valence-corrected chi connectivity index (χ1v) is 6.67. The van der Waals surface area contributed by atoms with E-state index in [1.54, 1.807) is 6.07 Å². The minimum absolute atomic E-state index is 0.275. The summed E-state index contributed by atoms with van der Waals surface area (Å²) in [5.41, 5.74) is 1.37. The molecule has 0 aliphatic rings. The second-order valence-corrected chi connectivity index (χ2v) is 4.55. The molecule has 1 aromatic carbocycles. The standard InChI is InChI=1S/C15H16FN5/c1-3-6-18-14-10(2)15(20-9-19-14)21-13-5-4-11(8-17)7-12(13)16/h4-5,7,9H,3,6H2,1-2H3,(H2,18,19,20,21). The van der Waals surface area contributed by atoms with Crippen molar-refractivity contribution in [1.82, 2.24) is 9.97 Å². The molecule has 0 unspecified atom stereocenters. The van der Waals surface area contributed by atoms with Gasteiger partial charge in [0.2, 0.25) is 0 Å². The minimum atomic E-state index is -0.491. The van der Waals surface area contributed by atoms with E-state index in [1.165, 1.54) is 18.5 Å². The maximum atomic E-state index is 13.9. The predicted octanol–water partition coefficient (Wildman–Crippen LogP) is 3.36. The molecule has 0 amide bonds. The van der Waals surface area contributed by atoms with Gasteiger partial charge in [0.1, 0.15) is 23.8 Å². The van der Waals surface area contributed by atoms with Crippen molar-refractivity contribution in [2.75, 3.05) is 17.2 Å². The number of hydrogen-bond donors (Lipinski definition) is 2. The first-order valence-electron chi connectivity index (χ1n) is 6.67. The van der Waals surface area contributed by atoms with Gasteiger partial charge in [0.25, 0.3) is 0 Å². The largest absolute Gasteiger partial charge is 0.370 e. The molecular weight excluding hydrogens is 269 g/mol. The topological polar surface area (TPSA) is 73.6 Å². The molecule has 0 fully saturated rings. The number of nitriles is 1. The third kappa shape index (κ3) is 3.45. The van der Waals surface area contributed by atoms with Crippen LogP contribution < -0.4 is 10.6 Å². The monoisotopic (exact) mass is 285 g/mol. The summed E-state index contributed by atoms with van der Waals surface area (Å²) in [4.78, 5) is 8.30. The van der Waals surface area contributed by atoms with Crippen LogP contribution >= 0.6 is 0 Å². The first-order chi connectivity index (χ1) is 10.2. The number of aromatic nitrogens is 2. The van der Waals surface area contributed by atoms with Gasteiger partial charge < -0.3 is 10.6 Å². The molecule has 0 aliphatic heterocycles. The molecule has 0 radical (unpaired) electrons. The molecule has 108 valence electrons. The number of rotatable bonds is 5. The van der Waals surface area contributed by atoms with Gasteiger partial charge in [-0.3, -0.25) is 0 Å². The highest BCUT2D eigenvalue weighted by molar-refractivity contribution is 5.65. The molecule has 1 heterocycles. The summed E-state index contributed by atoms with van der Waals surface area (Å²) in [6.07, 6.45) is 2.41. The van der Waals surface area contributed by atoms with Crippen molar-refractivity contribution in [3.8, 4) is 6.07 Å². The van der Waals surface area contributed by atoms with Gasteiger partial charge in [-0.1, -0.05) is 6.92 Å². The maximum Gasteiger partial charge on any atom is 0.147 e. The van der Waals surface area contributed by atoms with E-state index < -0.39 is 5.82 Å². The summed E-state index contributed by atoms with van der Waals surface area (Å²) >= 11 is 0. The zero-order chi connectivity index (χ0) is 15.2. The Balaban J connectivity index is 2.26. The molecule has 1 aromatic heterocycles. The maximum absolute atomic E-state index is 13.9. The van der Waals surface area contributed by atoms with Crippen LogP contribution in [-0.4, -0.2) is 16.5 Å². The van der Waals surface area contributed by atoms with Crippen LogP contribution in [-0.2, 0) is 0 Å². The van der Waals surface area contributed by atoms with Gasteiger partial charge in [0.05, 0.1) is 17.3 Å². The fraction of sp³-hybridized carbons (Fsp3) is 0.267. The molecule has 0 spiro atoms. The normalized spacial score (nSPS) is 10.0. The van der Waals surface area contributed by atoms with E-state index in [0.29, 0.717) is 5.82 Å². The Kier molecular flexibility index (Phi) is 4.67. The Labute approximate surface area is 122 Å². The molecule has 0 atom stereocenters. The second-order valence-electron chi connectivity index (χ2n) is 4.55. The highest BCUT2D eigenvalue weighted by Gasteiger charge is 2.09. The SMILES string of the molecule is CCCNc1ncnc(Nc2ccc(C#N)cc2F)c1C. The number of anilines is 3. The van der Waals surface area contributed by atoms with Crippen LogP contribution in [0.2, 0.25) is 0 Å². The van der Waals surface area contributed by atoms with Crippen molar-refractivity contribution in [2.45, 2.75) is 20.3 Å². The van der Waals surface area contributed by atoms with E-state index in [-0.39, 0.29) is 11.3 Å². The molecule has 5 nitrogen and oxygen atoms in total. The zero-order valence-corrected chi connectivity index (χ0v) is 11.9. The number of halogens is 1. The molecule has 0 aliphatic carbocycles. The van der Waals surface area contributed by atoms with Crippen LogP contribution in [0, 0.1) is 24.1 Å². The van der Waals surface area contributed by atoms with Gasteiger partial charge in [0.15, 0.2) is 0 Å². The lowest BCUT2D eigenvalue weighted by Crippen LogP contribution is -2.07. The summed E-state index contributed by atoms with van der Waals surface area (Å²) < 4.78 is 13.9. The van der Waals surface area contributed by atoms with Crippen LogP contribution in [0.3, 0.4) is 0 Å². The molecule has 21 heavy (non-hydrogen) atoms. The van der Waals surface area contributed by atoms with Gasteiger partial charge in [-0.05, 0) is 31.5 Å². The van der Waals surface area contributed by atoms with Gasteiger partial charge >= 0.3 is 0 Å². The third-order valence-corrected chi connectivity index (χ3v) is 2.98. The third-order valence-electron chi connectivity index (χ3n) is 2.98. The van der Waals surface area contributed by atoms with Crippen molar-refractivity contribution in [1.29, 1.82) is 5.26 Å². The molecule has 0 saturated carbocycles. The van der Waals surface area contributed by atoms with Crippen LogP contribution in [0.1, 0.15) is 24.5 Å². The van der Waals surface area contributed by atoms with Crippen LogP contribution in [0.15, 0.2) is 24.5 Å². The van der Waals surface area contributed by atoms with Crippen molar-refractivity contribution in [3.05, 3.63) is 41.5 Å². The van der Waals surface area contributed by atoms with E-state index in [1.807, 2.05) is 13.0 Å². The smallest absolute Gasteiger partial charge is 0.147 e. The van der Waals surface area contributed by atoms with E-state index >= 15 is 0 Å². The highest BCUT2D eigenvalue weighted by atomic mass is 19.1. The lowest BCUT2D eigenvalue weighted by Gasteiger charge is -2.13. The van der Waals surface area contributed by atoms with Crippen molar-refractivity contribution in [3.63, 3.8) is 0 Å².